The van der Waals surface area contributed by atoms with Gasteiger partial charge >= 0.3 is 5.69 Å². The number of phenolic OH excluding ortho intramolecular Hbond substituents is 1. The molecule has 0 unspecified atom stereocenters. The Kier molecular flexibility index (Phi) is 2.71. The van der Waals surface area contributed by atoms with E-state index in [-0.39, 0.29) is 11.4 Å². The van der Waals surface area contributed by atoms with Crippen molar-refractivity contribution in [2.45, 2.75) is 32.4 Å². The molecule has 1 aromatic heterocycles. The van der Waals surface area contributed by atoms with Crippen molar-refractivity contribution < 1.29 is 10.2 Å². The molecule has 0 spiro atoms. The van der Waals surface area contributed by atoms with Crippen LogP contribution in [-0.4, -0.2) is 25.4 Å². The molecule has 17 heavy (non-hydrogen) atoms. The minimum Gasteiger partial charge on any atom is -0.508 e. The van der Waals surface area contributed by atoms with Gasteiger partial charge in [0.25, 0.3) is 0 Å². The SMILES string of the molecule is CC(C)(O)CCn1c(=O)[nH]c2cc(O)ccc21. The fourth-order valence-corrected chi connectivity index (χ4v) is 1.76. The van der Waals surface area contributed by atoms with Gasteiger partial charge in [0.05, 0.1) is 16.6 Å². The van der Waals surface area contributed by atoms with E-state index in [0.717, 1.165) is 5.52 Å². The van der Waals surface area contributed by atoms with Gasteiger partial charge in [-0.2, -0.15) is 0 Å². The Morgan fingerprint density at radius 2 is 2.12 bits per heavy atom. The lowest BCUT2D eigenvalue weighted by molar-refractivity contribution is 0.0663. The molecule has 3 N–H and O–H groups in total. The van der Waals surface area contributed by atoms with Gasteiger partial charge in [-0.25, -0.2) is 4.79 Å². The fraction of sp³-hybridized carbons (Fsp3) is 0.417. The summed E-state index contributed by atoms with van der Waals surface area (Å²) in [5, 5.41) is 19.0. The second-order valence-electron chi connectivity index (χ2n) is 4.85. The van der Waals surface area contributed by atoms with Crippen molar-refractivity contribution in [2.24, 2.45) is 0 Å². The Morgan fingerprint density at radius 3 is 2.76 bits per heavy atom. The number of fused-ring (bicyclic) bond motifs is 1. The normalized spacial score (nSPS) is 12.2. The van der Waals surface area contributed by atoms with Gasteiger partial charge in [-0.15, -0.1) is 0 Å². The molecule has 92 valence electrons. The number of H-pyrrole nitrogens is 1. The summed E-state index contributed by atoms with van der Waals surface area (Å²) in [4.78, 5) is 14.4. The standard InChI is InChI=1S/C12H16N2O3/c1-12(2,17)5-6-14-10-4-3-8(15)7-9(10)13-11(14)16/h3-4,7,15,17H,5-6H2,1-2H3,(H,13,16). The Hall–Kier alpha value is -1.75. The molecule has 1 aromatic carbocycles. The van der Waals surface area contributed by atoms with Crippen molar-refractivity contribution in [1.29, 1.82) is 0 Å². The number of aromatic nitrogens is 2. The number of hydrogen-bond acceptors (Lipinski definition) is 3. The van der Waals surface area contributed by atoms with Gasteiger partial charge < -0.3 is 15.2 Å². The highest BCUT2D eigenvalue weighted by Crippen LogP contribution is 2.18. The number of aromatic hydroxyl groups is 1. The van der Waals surface area contributed by atoms with Crippen LogP contribution in [0.25, 0.3) is 11.0 Å². The van der Waals surface area contributed by atoms with Crippen LogP contribution in [0, 0.1) is 0 Å². The van der Waals surface area contributed by atoms with E-state index in [9.17, 15) is 15.0 Å². The van der Waals surface area contributed by atoms with Gasteiger partial charge in [-0.3, -0.25) is 4.57 Å². The molecule has 5 nitrogen and oxygen atoms in total. The first-order valence-corrected chi connectivity index (χ1v) is 5.51. The lowest BCUT2D eigenvalue weighted by Gasteiger charge is -2.16. The summed E-state index contributed by atoms with van der Waals surface area (Å²) in [5.74, 6) is 0.119. The average molecular weight is 236 g/mol. The summed E-state index contributed by atoms with van der Waals surface area (Å²) in [5.41, 5.74) is 0.303. The van der Waals surface area contributed by atoms with Crippen LogP contribution in [0.15, 0.2) is 23.0 Å². The molecule has 0 saturated heterocycles. The highest BCUT2D eigenvalue weighted by molar-refractivity contribution is 5.76. The van der Waals surface area contributed by atoms with E-state index in [1.807, 2.05) is 0 Å². The number of imidazole rings is 1. The third kappa shape index (κ3) is 2.50. The van der Waals surface area contributed by atoms with Crippen molar-refractivity contribution in [3.63, 3.8) is 0 Å². The third-order valence-corrected chi connectivity index (χ3v) is 2.70. The topological polar surface area (TPSA) is 78.2 Å². The average Bonchev–Trinajstić information content (AvgIpc) is 2.48. The van der Waals surface area contributed by atoms with Gasteiger partial charge in [0.15, 0.2) is 0 Å². The molecule has 2 aromatic rings. The monoisotopic (exact) mass is 236 g/mol. The van der Waals surface area contributed by atoms with Crippen LogP contribution >= 0.6 is 0 Å². The zero-order chi connectivity index (χ0) is 12.6. The largest absolute Gasteiger partial charge is 0.508 e. The predicted octanol–water partition coefficient (Wildman–Crippen LogP) is 1.20. The van der Waals surface area contributed by atoms with E-state index in [4.69, 9.17) is 0 Å². The molecule has 1 heterocycles. The van der Waals surface area contributed by atoms with Crippen molar-refractivity contribution in [3.05, 3.63) is 28.7 Å². The van der Waals surface area contributed by atoms with E-state index in [1.54, 1.807) is 24.5 Å². The number of benzene rings is 1. The molecule has 0 atom stereocenters. The molecule has 5 heteroatoms. The summed E-state index contributed by atoms with van der Waals surface area (Å²) >= 11 is 0. The van der Waals surface area contributed by atoms with Gasteiger partial charge in [-0.05, 0) is 32.4 Å². The Morgan fingerprint density at radius 1 is 1.41 bits per heavy atom. The van der Waals surface area contributed by atoms with Crippen LogP contribution in [-0.2, 0) is 6.54 Å². The first kappa shape index (κ1) is 11.7. The lowest BCUT2D eigenvalue weighted by Crippen LogP contribution is -2.25. The summed E-state index contributed by atoms with van der Waals surface area (Å²) in [6.45, 7) is 3.85. The number of aryl methyl sites for hydroxylation is 1. The minimum absolute atomic E-state index is 0.119. The first-order chi connectivity index (χ1) is 7.87. The quantitative estimate of drug-likeness (QED) is 0.749. The van der Waals surface area contributed by atoms with Crippen LogP contribution < -0.4 is 5.69 Å². The van der Waals surface area contributed by atoms with Gasteiger partial charge in [-0.1, -0.05) is 0 Å². The summed E-state index contributed by atoms with van der Waals surface area (Å²) in [7, 11) is 0. The summed E-state index contributed by atoms with van der Waals surface area (Å²) < 4.78 is 1.56. The van der Waals surface area contributed by atoms with E-state index >= 15 is 0 Å². The smallest absolute Gasteiger partial charge is 0.326 e. The lowest BCUT2D eigenvalue weighted by atomic mass is 10.1. The van der Waals surface area contributed by atoms with Crippen molar-refractivity contribution in [3.8, 4) is 5.75 Å². The Bertz CT molecular complexity index is 590. The molecule has 0 aliphatic carbocycles. The molecule has 0 aliphatic heterocycles. The fourth-order valence-electron chi connectivity index (χ4n) is 1.76. The molecular formula is C12H16N2O3. The Labute approximate surface area is 98.3 Å². The second-order valence-corrected chi connectivity index (χ2v) is 4.85. The molecular weight excluding hydrogens is 220 g/mol. The van der Waals surface area contributed by atoms with Crippen LogP contribution in [0.2, 0.25) is 0 Å². The maximum absolute atomic E-state index is 11.7. The van der Waals surface area contributed by atoms with Crippen molar-refractivity contribution in [1.82, 2.24) is 9.55 Å². The maximum atomic E-state index is 11.7. The van der Waals surface area contributed by atoms with Crippen molar-refractivity contribution >= 4 is 11.0 Å². The first-order valence-electron chi connectivity index (χ1n) is 5.51. The van der Waals surface area contributed by atoms with Crippen LogP contribution in [0.1, 0.15) is 20.3 Å². The molecule has 0 aliphatic rings. The number of aromatic amines is 1. The van der Waals surface area contributed by atoms with Gasteiger partial charge in [0.2, 0.25) is 0 Å². The second kappa shape index (κ2) is 3.92. The van der Waals surface area contributed by atoms with Crippen LogP contribution in [0.3, 0.4) is 0 Å². The van der Waals surface area contributed by atoms with E-state index in [0.29, 0.717) is 18.5 Å². The highest BCUT2D eigenvalue weighted by Gasteiger charge is 2.14. The van der Waals surface area contributed by atoms with E-state index in [2.05, 4.69) is 4.98 Å². The zero-order valence-corrected chi connectivity index (χ0v) is 9.90. The summed E-state index contributed by atoms with van der Waals surface area (Å²) in [6.07, 6.45) is 0.487. The maximum Gasteiger partial charge on any atom is 0.326 e. The number of nitrogens with one attached hydrogen (secondary N) is 1. The zero-order valence-electron chi connectivity index (χ0n) is 9.90. The van der Waals surface area contributed by atoms with Crippen molar-refractivity contribution in [2.75, 3.05) is 0 Å². The molecule has 0 amide bonds. The third-order valence-electron chi connectivity index (χ3n) is 2.70. The highest BCUT2D eigenvalue weighted by atomic mass is 16.3. The van der Waals surface area contributed by atoms with E-state index in [1.165, 1.54) is 12.1 Å². The van der Waals surface area contributed by atoms with E-state index < -0.39 is 5.60 Å². The number of aliphatic hydroxyl groups is 1. The Balaban J connectivity index is 2.40. The van der Waals surface area contributed by atoms with Gasteiger partial charge in [0.1, 0.15) is 5.75 Å². The number of nitrogens with zero attached hydrogens (tertiary/aromatic N) is 1. The molecule has 0 saturated carbocycles. The molecule has 2 rings (SSSR count). The number of phenols is 1. The number of hydrogen-bond donors (Lipinski definition) is 3. The minimum atomic E-state index is -0.806. The predicted molar refractivity (Wildman–Crippen MR) is 65.1 cm³/mol. The number of rotatable bonds is 3. The molecule has 0 bridgehead atoms. The summed E-state index contributed by atoms with van der Waals surface area (Å²) in [6, 6.07) is 4.74. The molecule has 0 radical (unpaired) electrons. The van der Waals surface area contributed by atoms with Crippen LogP contribution in [0.4, 0.5) is 0 Å². The van der Waals surface area contributed by atoms with Gasteiger partial charge in [0, 0.05) is 12.6 Å². The van der Waals surface area contributed by atoms with Crippen LogP contribution in [0.5, 0.6) is 5.75 Å². The molecule has 0 fully saturated rings.